The molecule has 2 aliphatic carbocycles. The van der Waals surface area contributed by atoms with Gasteiger partial charge in [0.15, 0.2) is 14.6 Å². The molecule has 4 rings (SSSR count). The molecule has 0 aromatic heterocycles. The Labute approximate surface area is 192 Å². The Bertz CT molecular complexity index is 968. The molecule has 176 valence electrons. The van der Waals surface area contributed by atoms with E-state index in [0.29, 0.717) is 56.9 Å². The number of rotatable bonds is 5. The Kier molecular flexibility index (Phi) is 6.66. The molecule has 3 aliphatic rings. The molecule has 0 N–H and O–H groups in total. The highest BCUT2D eigenvalue weighted by atomic mass is 32.2. The number of carbonyl (C=O) groups is 2. The Morgan fingerprint density at radius 1 is 0.938 bits per heavy atom. The first-order valence-electron chi connectivity index (χ1n) is 12.1. The summed E-state index contributed by atoms with van der Waals surface area (Å²) < 4.78 is 26.4. The average molecular weight is 461 g/mol. The van der Waals surface area contributed by atoms with Crippen molar-refractivity contribution in [3.05, 3.63) is 29.3 Å². The highest BCUT2D eigenvalue weighted by Gasteiger charge is 2.55. The van der Waals surface area contributed by atoms with Gasteiger partial charge in [-0.05, 0) is 62.6 Å². The first-order valence-corrected chi connectivity index (χ1v) is 13.6. The normalized spacial score (nSPS) is 21.8. The lowest BCUT2D eigenvalue weighted by molar-refractivity contribution is -0.141. The van der Waals surface area contributed by atoms with Crippen molar-refractivity contribution in [1.29, 1.82) is 0 Å². The van der Waals surface area contributed by atoms with E-state index in [1.54, 1.807) is 17.9 Å². The third-order valence-electron chi connectivity index (χ3n) is 7.81. The van der Waals surface area contributed by atoms with Crippen LogP contribution in [0, 0.1) is 19.8 Å². The smallest absolute Gasteiger partial charge is 0.244 e. The molecule has 1 aromatic carbocycles. The van der Waals surface area contributed by atoms with E-state index in [1.165, 1.54) is 12.8 Å². The van der Waals surface area contributed by atoms with Crippen LogP contribution in [0.4, 0.5) is 0 Å². The van der Waals surface area contributed by atoms with Crippen LogP contribution in [0.5, 0.6) is 0 Å². The average Bonchev–Trinajstić information content (AvgIpc) is 3.48. The van der Waals surface area contributed by atoms with E-state index in [1.807, 2.05) is 24.0 Å². The number of sulfone groups is 1. The van der Waals surface area contributed by atoms with Gasteiger partial charge in [-0.25, -0.2) is 8.42 Å². The zero-order valence-corrected chi connectivity index (χ0v) is 20.3. The Hall–Kier alpha value is -1.89. The minimum Gasteiger partial charge on any atom is -0.339 e. The van der Waals surface area contributed by atoms with Gasteiger partial charge in [-0.3, -0.25) is 9.59 Å². The molecule has 7 heteroatoms. The van der Waals surface area contributed by atoms with Gasteiger partial charge in [0, 0.05) is 32.6 Å². The van der Waals surface area contributed by atoms with Crippen LogP contribution >= 0.6 is 0 Å². The minimum atomic E-state index is -3.82. The topological polar surface area (TPSA) is 74.8 Å². The van der Waals surface area contributed by atoms with Crippen molar-refractivity contribution in [1.82, 2.24) is 9.80 Å². The highest BCUT2D eigenvalue weighted by Crippen LogP contribution is 2.43. The van der Waals surface area contributed by atoms with Gasteiger partial charge in [0.05, 0.1) is 4.90 Å². The number of hydrogen-bond acceptors (Lipinski definition) is 4. The lowest BCUT2D eigenvalue weighted by atomic mass is 10.0. The molecule has 1 saturated heterocycles. The summed E-state index contributed by atoms with van der Waals surface area (Å²) in [5.41, 5.74) is 1.57. The minimum absolute atomic E-state index is 0.183. The SMILES string of the molecule is Cc1ccc(C)c(S(=O)(=O)C2(C(=O)N3CCN(C(=O)CC4CCCC4)CC3)CCCC2)c1. The second kappa shape index (κ2) is 9.16. The second-order valence-electron chi connectivity index (χ2n) is 10.0. The lowest BCUT2D eigenvalue weighted by Gasteiger charge is -2.39. The standard InChI is InChI=1S/C25H36N2O4S/c1-19-9-10-20(2)22(17-19)32(30,31)25(11-5-6-12-25)24(29)27-15-13-26(14-16-27)23(28)18-21-7-3-4-8-21/h9-10,17,21H,3-8,11-16,18H2,1-2H3. The third-order valence-corrected chi connectivity index (χ3v) is 10.4. The fourth-order valence-corrected chi connectivity index (χ4v) is 8.23. The number of nitrogens with zero attached hydrogens (tertiary/aromatic N) is 2. The Morgan fingerprint density at radius 2 is 1.53 bits per heavy atom. The molecule has 0 bridgehead atoms. The number of amides is 2. The number of aryl methyl sites for hydroxylation is 2. The number of hydrogen-bond donors (Lipinski definition) is 0. The van der Waals surface area contributed by atoms with Crippen LogP contribution in [0.15, 0.2) is 23.1 Å². The van der Waals surface area contributed by atoms with Crippen LogP contribution in [0.1, 0.15) is 68.9 Å². The monoisotopic (exact) mass is 460 g/mol. The van der Waals surface area contributed by atoms with Gasteiger partial charge in [0.2, 0.25) is 11.8 Å². The van der Waals surface area contributed by atoms with E-state index < -0.39 is 14.6 Å². The Balaban J connectivity index is 1.49. The molecule has 0 unspecified atom stereocenters. The summed E-state index contributed by atoms with van der Waals surface area (Å²) in [7, 11) is -3.82. The fraction of sp³-hybridized carbons (Fsp3) is 0.680. The summed E-state index contributed by atoms with van der Waals surface area (Å²) in [6.07, 6.45) is 7.58. The summed E-state index contributed by atoms with van der Waals surface area (Å²) in [4.78, 5) is 30.3. The summed E-state index contributed by atoms with van der Waals surface area (Å²) in [5, 5.41) is 0. The van der Waals surface area contributed by atoms with Crippen molar-refractivity contribution in [3.8, 4) is 0 Å². The van der Waals surface area contributed by atoms with Crippen molar-refractivity contribution in [3.63, 3.8) is 0 Å². The predicted molar refractivity (Wildman–Crippen MR) is 124 cm³/mol. The maximum absolute atomic E-state index is 13.9. The van der Waals surface area contributed by atoms with Crippen LogP contribution in [0.2, 0.25) is 0 Å². The van der Waals surface area contributed by atoms with Crippen molar-refractivity contribution in [2.75, 3.05) is 26.2 Å². The maximum atomic E-state index is 13.9. The molecular formula is C25H36N2O4S. The van der Waals surface area contributed by atoms with Crippen LogP contribution < -0.4 is 0 Å². The van der Waals surface area contributed by atoms with Gasteiger partial charge in [0.1, 0.15) is 0 Å². The van der Waals surface area contributed by atoms with E-state index in [2.05, 4.69) is 0 Å². The van der Waals surface area contributed by atoms with Crippen LogP contribution in [0.25, 0.3) is 0 Å². The molecule has 0 atom stereocenters. The van der Waals surface area contributed by atoms with Gasteiger partial charge < -0.3 is 9.80 Å². The molecule has 32 heavy (non-hydrogen) atoms. The third kappa shape index (κ3) is 4.20. The first kappa shape index (κ1) is 23.3. The van der Waals surface area contributed by atoms with Crippen molar-refractivity contribution < 1.29 is 18.0 Å². The summed E-state index contributed by atoms with van der Waals surface area (Å²) >= 11 is 0. The van der Waals surface area contributed by atoms with E-state index in [9.17, 15) is 18.0 Å². The van der Waals surface area contributed by atoms with Gasteiger partial charge in [-0.1, -0.05) is 37.8 Å². The molecule has 2 amide bonds. The van der Waals surface area contributed by atoms with Crippen LogP contribution in [-0.2, 0) is 19.4 Å². The molecule has 6 nitrogen and oxygen atoms in total. The molecule has 0 radical (unpaired) electrons. The van der Waals surface area contributed by atoms with E-state index in [4.69, 9.17) is 0 Å². The largest absolute Gasteiger partial charge is 0.339 e. The first-order chi connectivity index (χ1) is 15.2. The summed E-state index contributed by atoms with van der Waals surface area (Å²) in [6.45, 7) is 5.50. The number of benzene rings is 1. The number of piperazine rings is 1. The maximum Gasteiger partial charge on any atom is 0.244 e. The molecule has 1 aromatic rings. The van der Waals surface area contributed by atoms with Gasteiger partial charge in [-0.15, -0.1) is 0 Å². The summed E-state index contributed by atoms with van der Waals surface area (Å²) in [6, 6.07) is 5.43. The zero-order valence-electron chi connectivity index (χ0n) is 19.4. The van der Waals surface area contributed by atoms with Crippen LogP contribution in [0.3, 0.4) is 0 Å². The predicted octanol–water partition coefficient (Wildman–Crippen LogP) is 3.64. The highest BCUT2D eigenvalue weighted by molar-refractivity contribution is 7.93. The zero-order chi connectivity index (χ0) is 22.9. The number of carbonyl (C=O) groups excluding carboxylic acids is 2. The summed E-state index contributed by atoms with van der Waals surface area (Å²) in [5.74, 6) is 0.424. The van der Waals surface area contributed by atoms with Crippen LogP contribution in [-0.4, -0.2) is 61.0 Å². The van der Waals surface area contributed by atoms with Crippen molar-refractivity contribution in [2.24, 2.45) is 5.92 Å². The molecule has 1 heterocycles. The van der Waals surface area contributed by atoms with E-state index in [0.717, 1.165) is 31.2 Å². The lowest BCUT2D eigenvalue weighted by Crippen LogP contribution is -2.58. The molecule has 3 fully saturated rings. The van der Waals surface area contributed by atoms with E-state index in [-0.39, 0.29) is 16.7 Å². The van der Waals surface area contributed by atoms with E-state index >= 15 is 0 Å². The van der Waals surface area contributed by atoms with Gasteiger partial charge >= 0.3 is 0 Å². The van der Waals surface area contributed by atoms with Crippen molar-refractivity contribution in [2.45, 2.75) is 81.3 Å². The second-order valence-corrected chi connectivity index (χ2v) is 12.2. The fourth-order valence-electron chi connectivity index (χ4n) is 5.79. The molecule has 2 saturated carbocycles. The van der Waals surface area contributed by atoms with Gasteiger partial charge in [0.25, 0.3) is 0 Å². The molecule has 1 aliphatic heterocycles. The van der Waals surface area contributed by atoms with Gasteiger partial charge in [-0.2, -0.15) is 0 Å². The molecular weight excluding hydrogens is 424 g/mol. The molecule has 0 spiro atoms. The Morgan fingerprint density at radius 3 is 2.16 bits per heavy atom. The quantitative estimate of drug-likeness (QED) is 0.672. The van der Waals surface area contributed by atoms with Crippen molar-refractivity contribution >= 4 is 21.7 Å².